The molecule has 0 aromatic heterocycles. The molecule has 0 aliphatic rings. The standard InChI is InChI=1S/C18H17F3N2O4S/c1-22-14(16(24)23-17(25)27-3)15(28)11-6-4-5-10-9(11)7-8-12(26-2)13(10)18(19,20)21/h4-8,14,22H,1-3H3,(H,23,24,25). The predicted molar refractivity (Wildman–Crippen MR) is 101 cm³/mol. The Balaban J connectivity index is 2.60. The Morgan fingerprint density at radius 3 is 2.32 bits per heavy atom. The van der Waals surface area contributed by atoms with E-state index in [4.69, 9.17) is 17.0 Å². The van der Waals surface area contributed by atoms with Gasteiger partial charge in [-0.1, -0.05) is 36.5 Å². The van der Waals surface area contributed by atoms with Crippen molar-refractivity contribution in [1.82, 2.24) is 10.6 Å². The SMILES string of the molecule is CNC(C(=O)NC(=O)OC)C(=S)c1cccc2c(C(F)(F)F)c(OC)ccc12. The number of thiocarbonyl (C=S) groups is 1. The number of nitrogens with one attached hydrogen (secondary N) is 2. The molecule has 28 heavy (non-hydrogen) atoms. The van der Waals surface area contributed by atoms with Gasteiger partial charge in [-0.05, 0) is 29.4 Å². The monoisotopic (exact) mass is 414 g/mol. The molecule has 1 unspecified atom stereocenters. The minimum absolute atomic E-state index is 0.0211. The summed E-state index contributed by atoms with van der Waals surface area (Å²) < 4.78 is 50.0. The quantitative estimate of drug-likeness (QED) is 0.579. The minimum atomic E-state index is -4.66. The van der Waals surface area contributed by atoms with E-state index in [2.05, 4.69) is 10.1 Å². The minimum Gasteiger partial charge on any atom is -0.496 e. The second-order valence-corrected chi connectivity index (χ2v) is 6.05. The molecule has 0 saturated heterocycles. The summed E-state index contributed by atoms with van der Waals surface area (Å²) in [5.74, 6) is -1.11. The van der Waals surface area contributed by atoms with E-state index < -0.39 is 29.8 Å². The molecule has 0 fully saturated rings. The lowest BCUT2D eigenvalue weighted by Gasteiger charge is -2.20. The number of rotatable bonds is 5. The Labute approximate surface area is 164 Å². The summed E-state index contributed by atoms with van der Waals surface area (Å²) in [5, 5.41) is 4.72. The summed E-state index contributed by atoms with van der Waals surface area (Å²) >= 11 is 5.34. The van der Waals surface area contributed by atoms with Crippen LogP contribution in [0.2, 0.25) is 0 Å². The Bertz CT molecular complexity index is 931. The van der Waals surface area contributed by atoms with Crippen molar-refractivity contribution in [3.8, 4) is 5.75 Å². The number of methoxy groups -OCH3 is 2. The maximum absolute atomic E-state index is 13.6. The Hall–Kier alpha value is -2.72. The molecule has 0 aliphatic heterocycles. The van der Waals surface area contributed by atoms with Gasteiger partial charge in [0.15, 0.2) is 0 Å². The highest BCUT2D eigenvalue weighted by atomic mass is 32.1. The lowest BCUT2D eigenvalue weighted by molar-refractivity contribution is -0.137. The molecule has 2 aromatic carbocycles. The molecule has 2 rings (SSSR count). The van der Waals surface area contributed by atoms with Crippen molar-refractivity contribution in [2.45, 2.75) is 12.2 Å². The fraction of sp³-hybridized carbons (Fsp3) is 0.278. The molecule has 1 atom stereocenters. The van der Waals surface area contributed by atoms with Gasteiger partial charge in [0.2, 0.25) is 0 Å². The van der Waals surface area contributed by atoms with Crippen molar-refractivity contribution in [3.63, 3.8) is 0 Å². The second-order valence-electron chi connectivity index (χ2n) is 5.61. The summed E-state index contributed by atoms with van der Waals surface area (Å²) in [7, 11) is 3.67. The number of benzene rings is 2. The van der Waals surface area contributed by atoms with Gasteiger partial charge in [-0.25, -0.2) is 4.79 Å². The molecular weight excluding hydrogens is 397 g/mol. The van der Waals surface area contributed by atoms with Crippen LogP contribution in [0, 0.1) is 0 Å². The maximum Gasteiger partial charge on any atom is 0.420 e. The van der Waals surface area contributed by atoms with Crippen LogP contribution in [0.5, 0.6) is 5.75 Å². The Kier molecular flexibility index (Phi) is 6.57. The number of hydrogen-bond donors (Lipinski definition) is 2. The molecule has 150 valence electrons. The molecule has 0 spiro atoms. The predicted octanol–water partition coefficient (Wildman–Crippen LogP) is 3.06. The van der Waals surface area contributed by atoms with Crippen molar-refractivity contribution in [1.29, 1.82) is 0 Å². The number of hydrogen-bond acceptors (Lipinski definition) is 6. The smallest absolute Gasteiger partial charge is 0.420 e. The number of amides is 2. The van der Waals surface area contributed by atoms with E-state index in [0.717, 1.165) is 14.2 Å². The number of alkyl halides is 3. The van der Waals surface area contributed by atoms with Crippen molar-refractivity contribution in [3.05, 3.63) is 41.5 Å². The van der Waals surface area contributed by atoms with E-state index in [0.29, 0.717) is 0 Å². The Morgan fingerprint density at radius 2 is 1.79 bits per heavy atom. The van der Waals surface area contributed by atoms with Crippen LogP contribution in [0.1, 0.15) is 11.1 Å². The fourth-order valence-electron chi connectivity index (χ4n) is 2.78. The van der Waals surface area contributed by atoms with Crippen LogP contribution in [-0.4, -0.2) is 44.2 Å². The third kappa shape index (κ3) is 4.23. The lowest BCUT2D eigenvalue weighted by atomic mass is 9.94. The summed E-state index contributed by atoms with van der Waals surface area (Å²) in [6.07, 6.45) is -5.63. The van der Waals surface area contributed by atoms with Gasteiger partial charge in [0, 0.05) is 4.86 Å². The number of halogens is 3. The molecular formula is C18H17F3N2O4S. The number of fused-ring (bicyclic) bond motifs is 1. The molecule has 0 saturated carbocycles. The molecule has 2 N–H and O–H groups in total. The maximum atomic E-state index is 13.6. The van der Waals surface area contributed by atoms with Crippen LogP contribution in [0.3, 0.4) is 0 Å². The summed E-state index contributed by atoms with van der Waals surface area (Å²) in [4.78, 5) is 23.6. The van der Waals surface area contributed by atoms with Crippen LogP contribution in [0.4, 0.5) is 18.0 Å². The van der Waals surface area contributed by atoms with Gasteiger partial charge in [-0.15, -0.1) is 0 Å². The number of carbonyl (C=O) groups excluding carboxylic acids is 2. The molecule has 10 heteroatoms. The number of likely N-dealkylation sites (N-methyl/N-ethyl adjacent to an activating group) is 1. The van der Waals surface area contributed by atoms with Crippen molar-refractivity contribution in [2.75, 3.05) is 21.3 Å². The highest BCUT2D eigenvalue weighted by Gasteiger charge is 2.37. The average molecular weight is 414 g/mol. The summed E-state index contributed by atoms with van der Waals surface area (Å²) in [5.41, 5.74) is -0.683. The molecule has 0 bridgehead atoms. The third-order valence-electron chi connectivity index (χ3n) is 4.02. The number of carbonyl (C=O) groups is 2. The van der Waals surface area contributed by atoms with E-state index in [1.165, 1.54) is 37.4 Å². The van der Waals surface area contributed by atoms with Gasteiger partial charge >= 0.3 is 12.3 Å². The average Bonchev–Trinajstić information content (AvgIpc) is 2.65. The third-order valence-corrected chi connectivity index (χ3v) is 4.47. The van der Waals surface area contributed by atoms with Gasteiger partial charge in [-0.2, -0.15) is 13.2 Å². The van der Waals surface area contributed by atoms with E-state index in [1.54, 1.807) is 0 Å². The normalized spacial score (nSPS) is 12.4. The van der Waals surface area contributed by atoms with Crippen molar-refractivity contribution < 1.29 is 32.2 Å². The van der Waals surface area contributed by atoms with Gasteiger partial charge in [-0.3, -0.25) is 10.1 Å². The summed E-state index contributed by atoms with van der Waals surface area (Å²) in [6.45, 7) is 0. The molecule has 0 radical (unpaired) electrons. The Morgan fingerprint density at radius 1 is 1.11 bits per heavy atom. The zero-order valence-corrected chi connectivity index (χ0v) is 16.0. The fourth-order valence-corrected chi connectivity index (χ4v) is 3.18. The van der Waals surface area contributed by atoms with Crippen LogP contribution in [0.15, 0.2) is 30.3 Å². The first-order valence-corrected chi connectivity index (χ1v) is 8.33. The first-order valence-electron chi connectivity index (χ1n) is 7.92. The molecule has 0 aliphatic carbocycles. The highest BCUT2D eigenvalue weighted by molar-refractivity contribution is 7.81. The van der Waals surface area contributed by atoms with Gasteiger partial charge in [0.05, 0.1) is 14.2 Å². The van der Waals surface area contributed by atoms with Crippen LogP contribution in [0.25, 0.3) is 10.8 Å². The van der Waals surface area contributed by atoms with E-state index in [9.17, 15) is 22.8 Å². The van der Waals surface area contributed by atoms with Crippen molar-refractivity contribution >= 4 is 39.9 Å². The van der Waals surface area contributed by atoms with E-state index in [-0.39, 0.29) is 26.9 Å². The van der Waals surface area contributed by atoms with E-state index in [1.807, 2.05) is 5.32 Å². The van der Waals surface area contributed by atoms with E-state index >= 15 is 0 Å². The first kappa shape index (κ1) is 21.6. The zero-order valence-electron chi connectivity index (χ0n) is 15.1. The molecule has 2 aromatic rings. The largest absolute Gasteiger partial charge is 0.496 e. The molecule has 0 heterocycles. The summed E-state index contributed by atoms with van der Waals surface area (Å²) in [6, 6.07) is 5.71. The molecule has 2 amide bonds. The lowest BCUT2D eigenvalue weighted by Crippen LogP contribution is -2.49. The van der Waals surface area contributed by atoms with Crippen LogP contribution in [-0.2, 0) is 15.7 Å². The molecule has 6 nitrogen and oxygen atoms in total. The number of ether oxygens (including phenoxy) is 2. The number of imide groups is 1. The first-order chi connectivity index (χ1) is 13.1. The van der Waals surface area contributed by atoms with Gasteiger partial charge in [0.1, 0.15) is 17.4 Å². The number of alkyl carbamates (subject to hydrolysis) is 1. The topological polar surface area (TPSA) is 76.7 Å². The second kappa shape index (κ2) is 8.53. The highest BCUT2D eigenvalue weighted by Crippen LogP contribution is 2.42. The van der Waals surface area contributed by atoms with Crippen LogP contribution >= 0.6 is 12.2 Å². The van der Waals surface area contributed by atoms with Crippen LogP contribution < -0.4 is 15.4 Å². The van der Waals surface area contributed by atoms with Crippen molar-refractivity contribution in [2.24, 2.45) is 0 Å². The van der Waals surface area contributed by atoms with Gasteiger partial charge < -0.3 is 14.8 Å². The van der Waals surface area contributed by atoms with Gasteiger partial charge in [0.25, 0.3) is 5.91 Å². The zero-order chi connectivity index (χ0) is 21.1.